The van der Waals surface area contributed by atoms with Crippen LogP contribution in [0.15, 0.2) is 42.5 Å². The molecule has 0 spiro atoms. The average molecular weight is 392 g/mol. The van der Waals surface area contributed by atoms with Gasteiger partial charge in [-0.1, -0.05) is 30.3 Å². The van der Waals surface area contributed by atoms with E-state index in [0.29, 0.717) is 5.56 Å². The van der Waals surface area contributed by atoms with Crippen molar-refractivity contribution in [1.82, 2.24) is 4.31 Å². The number of carbonyl (C=O) groups is 1. The van der Waals surface area contributed by atoms with Crippen molar-refractivity contribution in [2.24, 2.45) is 0 Å². The molecule has 1 N–H and O–H groups in total. The van der Waals surface area contributed by atoms with Gasteiger partial charge >= 0.3 is 0 Å². The molecular weight excluding hydrogens is 367 g/mol. The van der Waals surface area contributed by atoms with Crippen molar-refractivity contribution in [1.29, 1.82) is 0 Å². The van der Waals surface area contributed by atoms with Gasteiger partial charge in [-0.2, -0.15) is 0 Å². The molecule has 7 heteroatoms. The highest BCUT2D eigenvalue weighted by atomic mass is 32.2. The summed E-state index contributed by atoms with van der Waals surface area (Å²) in [6.07, 6.45) is 1.37. The second-order valence-corrected chi connectivity index (χ2v) is 8.53. The zero-order chi connectivity index (χ0) is 20.0. The molecule has 0 atom stereocenters. The van der Waals surface area contributed by atoms with Crippen molar-refractivity contribution >= 4 is 21.6 Å². The van der Waals surface area contributed by atoms with Gasteiger partial charge in [-0.05, 0) is 49.1 Å². The van der Waals surface area contributed by atoms with Crippen LogP contribution in [0.4, 0.5) is 10.1 Å². The van der Waals surface area contributed by atoms with Crippen LogP contribution >= 0.6 is 0 Å². The largest absolute Gasteiger partial charge is 0.326 e. The van der Waals surface area contributed by atoms with E-state index in [-0.39, 0.29) is 37.7 Å². The second kappa shape index (κ2) is 9.10. The van der Waals surface area contributed by atoms with E-state index in [4.69, 9.17) is 0 Å². The molecule has 0 aliphatic carbocycles. The quantitative estimate of drug-likeness (QED) is 0.750. The number of rotatable bonds is 8. The maximum atomic E-state index is 13.7. The molecule has 146 valence electrons. The third-order valence-electron chi connectivity index (χ3n) is 4.52. The SMILES string of the molecule is Cc1cccc(NC(=O)CCN(CCc2ccccc2F)S(C)(=O)=O)c1C. The Labute approximate surface area is 160 Å². The fourth-order valence-corrected chi connectivity index (χ4v) is 3.56. The minimum atomic E-state index is -3.50. The summed E-state index contributed by atoms with van der Waals surface area (Å²) in [6.45, 7) is 4.04. The molecule has 2 rings (SSSR count). The summed E-state index contributed by atoms with van der Waals surface area (Å²) >= 11 is 0. The normalized spacial score (nSPS) is 11.6. The predicted molar refractivity (Wildman–Crippen MR) is 106 cm³/mol. The molecule has 0 aliphatic heterocycles. The highest BCUT2D eigenvalue weighted by molar-refractivity contribution is 7.88. The number of amides is 1. The number of nitrogens with zero attached hydrogens (tertiary/aromatic N) is 1. The first kappa shape index (κ1) is 21.1. The number of anilines is 1. The maximum absolute atomic E-state index is 13.7. The molecule has 0 fully saturated rings. The number of hydrogen-bond acceptors (Lipinski definition) is 3. The van der Waals surface area contributed by atoms with E-state index >= 15 is 0 Å². The lowest BCUT2D eigenvalue weighted by Gasteiger charge is -2.20. The first-order valence-electron chi connectivity index (χ1n) is 8.73. The zero-order valence-corrected chi connectivity index (χ0v) is 16.6. The number of benzene rings is 2. The molecular formula is C20H25FN2O3S. The average Bonchev–Trinajstić information content (AvgIpc) is 2.59. The van der Waals surface area contributed by atoms with E-state index in [1.54, 1.807) is 18.2 Å². The van der Waals surface area contributed by atoms with E-state index < -0.39 is 10.0 Å². The Hall–Kier alpha value is -2.25. The topological polar surface area (TPSA) is 66.5 Å². The van der Waals surface area contributed by atoms with Crippen LogP contribution in [-0.2, 0) is 21.2 Å². The zero-order valence-electron chi connectivity index (χ0n) is 15.8. The molecule has 0 bridgehead atoms. The Bertz CT molecular complexity index is 913. The van der Waals surface area contributed by atoms with Crippen molar-refractivity contribution in [3.05, 3.63) is 65.0 Å². The number of hydrogen-bond donors (Lipinski definition) is 1. The Morgan fingerprint density at radius 2 is 1.78 bits per heavy atom. The molecule has 0 saturated heterocycles. The third kappa shape index (κ3) is 6.15. The summed E-state index contributed by atoms with van der Waals surface area (Å²) in [7, 11) is -3.50. The Morgan fingerprint density at radius 1 is 1.07 bits per heavy atom. The van der Waals surface area contributed by atoms with Gasteiger partial charge < -0.3 is 5.32 Å². The smallest absolute Gasteiger partial charge is 0.225 e. The van der Waals surface area contributed by atoms with Crippen molar-refractivity contribution in [3.63, 3.8) is 0 Å². The molecule has 27 heavy (non-hydrogen) atoms. The van der Waals surface area contributed by atoms with Crippen LogP contribution in [-0.4, -0.2) is 38.0 Å². The molecule has 0 radical (unpaired) electrons. The van der Waals surface area contributed by atoms with Gasteiger partial charge in [0, 0.05) is 25.2 Å². The summed E-state index contributed by atoms with van der Waals surface area (Å²) in [5.74, 6) is -0.623. The minimum absolute atomic E-state index is 0.0255. The summed E-state index contributed by atoms with van der Waals surface area (Å²) < 4.78 is 39.0. The number of aryl methyl sites for hydroxylation is 1. The first-order chi connectivity index (χ1) is 12.7. The van der Waals surface area contributed by atoms with Gasteiger partial charge in [-0.3, -0.25) is 4.79 Å². The second-order valence-electron chi connectivity index (χ2n) is 6.55. The Morgan fingerprint density at radius 3 is 2.44 bits per heavy atom. The molecule has 1 amide bonds. The van der Waals surface area contributed by atoms with Crippen LogP contribution in [0.2, 0.25) is 0 Å². The van der Waals surface area contributed by atoms with Crippen molar-refractivity contribution in [2.45, 2.75) is 26.7 Å². The molecule has 0 unspecified atom stereocenters. The van der Waals surface area contributed by atoms with Gasteiger partial charge in [0.25, 0.3) is 0 Å². The minimum Gasteiger partial charge on any atom is -0.326 e. The molecule has 2 aromatic carbocycles. The standard InChI is InChI=1S/C20H25FN2O3S/c1-15-7-6-10-19(16(15)2)22-20(24)12-14-23(27(3,25)26)13-11-17-8-4-5-9-18(17)21/h4-10H,11-14H2,1-3H3,(H,22,24). The molecule has 0 aromatic heterocycles. The van der Waals surface area contributed by atoms with E-state index in [2.05, 4.69) is 5.32 Å². The molecule has 2 aromatic rings. The Balaban J connectivity index is 1.97. The Kier molecular flexibility index (Phi) is 7.10. The summed E-state index contributed by atoms with van der Waals surface area (Å²) in [5.41, 5.74) is 3.21. The van der Waals surface area contributed by atoms with E-state index in [1.807, 2.05) is 32.0 Å². The van der Waals surface area contributed by atoms with Crippen LogP contribution < -0.4 is 5.32 Å². The van der Waals surface area contributed by atoms with Crippen LogP contribution in [0.1, 0.15) is 23.1 Å². The highest BCUT2D eigenvalue weighted by Gasteiger charge is 2.18. The number of nitrogens with one attached hydrogen (secondary N) is 1. The summed E-state index contributed by atoms with van der Waals surface area (Å²) in [6, 6.07) is 11.9. The number of halogens is 1. The first-order valence-corrected chi connectivity index (χ1v) is 10.6. The summed E-state index contributed by atoms with van der Waals surface area (Å²) in [4.78, 5) is 12.2. The highest BCUT2D eigenvalue weighted by Crippen LogP contribution is 2.18. The fourth-order valence-electron chi connectivity index (χ4n) is 2.72. The number of sulfonamides is 1. The molecule has 5 nitrogen and oxygen atoms in total. The lowest BCUT2D eigenvalue weighted by molar-refractivity contribution is -0.116. The van der Waals surface area contributed by atoms with Gasteiger partial charge in [0.15, 0.2) is 0 Å². The van der Waals surface area contributed by atoms with Crippen molar-refractivity contribution in [2.75, 3.05) is 24.7 Å². The van der Waals surface area contributed by atoms with E-state index in [9.17, 15) is 17.6 Å². The molecule has 0 heterocycles. The van der Waals surface area contributed by atoms with Crippen LogP contribution in [0, 0.1) is 19.7 Å². The number of carbonyl (C=O) groups excluding carboxylic acids is 1. The van der Waals surface area contributed by atoms with Crippen molar-refractivity contribution < 1.29 is 17.6 Å². The fraction of sp³-hybridized carbons (Fsp3) is 0.350. The lowest BCUT2D eigenvalue weighted by atomic mass is 10.1. The van der Waals surface area contributed by atoms with Gasteiger partial charge in [-0.25, -0.2) is 17.1 Å². The van der Waals surface area contributed by atoms with Gasteiger partial charge in [-0.15, -0.1) is 0 Å². The third-order valence-corrected chi connectivity index (χ3v) is 5.83. The van der Waals surface area contributed by atoms with E-state index in [0.717, 1.165) is 23.1 Å². The summed E-state index contributed by atoms with van der Waals surface area (Å²) in [5, 5.41) is 2.82. The predicted octanol–water partition coefficient (Wildman–Crippen LogP) is 3.28. The molecule has 0 saturated carbocycles. The van der Waals surface area contributed by atoms with Gasteiger partial charge in [0.05, 0.1) is 6.26 Å². The van der Waals surface area contributed by atoms with Crippen LogP contribution in [0.3, 0.4) is 0 Å². The van der Waals surface area contributed by atoms with Crippen LogP contribution in [0.25, 0.3) is 0 Å². The van der Waals surface area contributed by atoms with Gasteiger partial charge in [0.1, 0.15) is 5.82 Å². The van der Waals surface area contributed by atoms with Crippen molar-refractivity contribution in [3.8, 4) is 0 Å². The van der Waals surface area contributed by atoms with Gasteiger partial charge in [0.2, 0.25) is 15.9 Å². The molecule has 0 aliphatic rings. The maximum Gasteiger partial charge on any atom is 0.225 e. The lowest BCUT2D eigenvalue weighted by Crippen LogP contribution is -2.34. The monoisotopic (exact) mass is 392 g/mol. The van der Waals surface area contributed by atoms with E-state index in [1.165, 1.54) is 10.4 Å². The van der Waals surface area contributed by atoms with Crippen LogP contribution in [0.5, 0.6) is 0 Å².